The van der Waals surface area contributed by atoms with Gasteiger partial charge in [0.25, 0.3) is 0 Å². The molecule has 0 aromatic carbocycles. The summed E-state index contributed by atoms with van der Waals surface area (Å²) in [6, 6.07) is 0. The van der Waals surface area contributed by atoms with Crippen molar-refractivity contribution in [3.8, 4) is 0 Å². The standard InChI is InChI=1S/C3H6O3.2FH/c1-5-3(4)6-2;;/h1-2H3;2*1H. The minimum Gasteiger partial charge on any atom is -0.438 e. The Morgan fingerprint density at radius 1 is 1.12 bits per heavy atom. The number of carbonyl (C=O) groups excluding carboxylic acids is 1. The van der Waals surface area contributed by atoms with Crippen LogP contribution in [0.15, 0.2) is 0 Å². The number of rotatable bonds is 0. The summed E-state index contributed by atoms with van der Waals surface area (Å²) in [6.07, 6.45) is -0.657. The molecule has 0 amide bonds. The highest BCUT2D eigenvalue weighted by Crippen LogP contribution is 1.72. The summed E-state index contributed by atoms with van der Waals surface area (Å²) in [5, 5.41) is 0. The monoisotopic (exact) mass is 130 g/mol. The molecule has 0 aliphatic heterocycles. The van der Waals surface area contributed by atoms with Gasteiger partial charge in [-0.1, -0.05) is 0 Å². The third-order valence-corrected chi connectivity index (χ3v) is 0.333. The topological polar surface area (TPSA) is 35.5 Å². The molecule has 0 saturated heterocycles. The van der Waals surface area contributed by atoms with Gasteiger partial charge in [-0.05, 0) is 0 Å². The molecule has 0 aliphatic rings. The van der Waals surface area contributed by atoms with E-state index in [4.69, 9.17) is 0 Å². The third kappa shape index (κ3) is 8.93. The van der Waals surface area contributed by atoms with Gasteiger partial charge in [0.1, 0.15) is 0 Å². The molecule has 0 atom stereocenters. The van der Waals surface area contributed by atoms with E-state index < -0.39 is 6.16 Å². The molecule has 8 heavy (non-hydrogen) atoms. The van der Waals surface area contributed by atoms with Crippen LogP contribution in [0.2, 0.25) is 0 Å². The van der Waals surface area contributed by atoms with Crippen LogP contribution in [0.1, 0.15) is 0 Å². The largest absolute Gasteiger partial charge is 0.507 e. The van der Waals surface area contributed by atoms with E-state index in [2.05, 4.69) is 9.47 Å². The van der Waals surface area contributed by atoms with Gasteiger partial charge in [-0.25, -0.2) is 4.79 Å². The van der Waals surface area contributed by atoms with Crippen LogP contribution in [0, 0.1) is 0 Å². The maximum Gasteiger partial charge on any atom is 0.507 e. The first kappa shape index (κ1) is 15.7. The molecule has 5 heteroatoms. The molecule has 0 rings (SSSR count). The molecular weight excluding hydrogens is 122 g/mol. The molecule has 52 valence electrons. The predicted molar refractivity (Wildman–Crippen MR) is 24.4 cm³/mol. The van der Waals surface area contributed by atoms with Gasteiger partial charge in [0.15, 0.2) is 0 Å². The van der Waals surface area contributed by atoms with Crippen LogP contribution < -0.4 is 0 Å². The molecule has 3 nitrogen and oxygen atoms in total. The van der Waals surface area contributed by atoms with Gasteiger partial charge in [0.2, 0.25) is 0 Å². The second-order valence-corrected chi connectivity index (χ2v) is 0.658. The van der Waals surface area contributed by atoms with Gasteiger partial charge in [0.05, 0.1) is 14.2 Å². The third-order valence-electron chi connectivity index (χ3n) is 0.333. The molecule has 0 aromatic rings. The Hall–Kier alpha value is -0.870. The number of ether oxygens (including phenoxy) is 2. The minimum absolute atomic E-state index is 0. The molecule has 0 N–H and O–H groups in total. The van der Waals surface area contributed by atoms with Crippen LogP contribution >= 0.6 is 0 Å². The van der Waals surface area contributed by atoms with Crippen molar-refractivity contribution in [2.24, 2.45) is 0 Å². The fraction of sp³-hybridized carbons (Fsp3) is 0.667. The summed E-state index contributed by atoms with van der Waals surface area (Å²) >= 11 is 0. The first-order valence-electron chi connectivity index (χ1n) is 1.43. The second kappa shape index (κ2) is 9.46. The van der Waals surface area contributed by atoms with Crippen molar-refractivity contribution in [2.75, 3.05) is 14.2 Å². The summed E-state index contributed by atoms with van der Waals surface area (Å²) in [4.78, 5) is 9.74. The minimum atomic E-state index is -0.657. The lowest BCUT2D eigenvalue weighted by molar-refractivity contribution is 0.0924. The average molecular weight is 130 g/mol. The molecule has 0 spiro atoms. The molecule has 0 saturated carbocycles. The van der Waals surface area contributed by atoms with Gasteiger partial charge >= 0.3 is 6.16 Å². The van der Waals surface area contributed by atoms with Crippen LogP contribution in [0.4, 0.5) is 14.2 Å². The van der Waals surface area contributed by atoms with Crippen molar-refractivity contribution in [3.63, 3.8) is 0 Å². The average Bonchev–Trinajstić information content (AvgIpc) is 1.65. The Bertz CT molecular complexity index is 50.5. The van der Waals surface area contributed by atoms with E-state index in [0.29, 0.717) is 0 Å². The summed E-state index contributed by atoms with van der Waals surface area (Å²) < 4.78 is 8.08. The Labute approximate surface area is 45.3 Å². The van der Waals surface area contributed by atoms with E-state index in [1.807, 2.05) is 0 Å². The molecule has 0 heterocycles. The highest BCUT2D eigenvalue weighted by molar-refractivity contribution is 5.59. The van der Waals surface area contributed by atoms with Gasteiger partial charge in [-0.15, -0.1) is 0 Å². The molecule has 0 fully saturated rings. The fourth-order valence-corrected chi connectivity index (χ4v) is 0.0833. The van der Waals surface area contributed by atoms with E-state index in [1.165, 1.54) is 14.2 Å². The highest BCUT2D eigenvalue weighted by Gasteiger charge is 1.88. The summed E-state index contributed by atoms with van der Waals surface area (Å²) in [7, 11) is 2.51. The van der Waals surface area contributed by atoms with Crippen LogP contribution in [-0.2, 0) is 9.47 Å². The lowest BCUT2D eigenvalue weighted by Gasteiger charge is -1.89. The summed E-state index contributed by atoms with van der Waals surface area (Å²) in [6.45, 7) is 0. The van der Waals surface area contributed by atoms with E-state index in [0.717, 1.165) is 0 Å². The number of hydrogen-bond donors (Lipinski definition) is 0. The Balaban J connectivity index is -0.000000125. The Kier molecular flexibility index (Phi) is 18.6. The predicted octanol–water partition coefficient (Wildman–Crippen LogP) is 0.704. The van der Waals surface area contributed by atoms with Crippen molar-refractivity contribution in [1.82, 2.24) is 0 Å². The Morgan fingerprint density at radius 2 is 1.38 bits per heavy atom. The molecule has 0 unspecified atom stereocenters. The van der Waals surface area contributed by atoms with Crippen molar-refractivity contribution in [2.45, 2.75) is 0 Å². The lowest BCUT2D eigenvalue weighted by atomic mass is 11.3. The van der Waals surface area contributed by atoms with Gasteiger partial charge in [0, 0.05) is 0 Å². The van der Waals surface area contributed by atoms with Crippen LogP contribution in [0.5, 0.6) is 0 Å². The number of methoxy groups -OCH3 is 2. The highest BCUT2D eigenvalue weighted by atomic mass is 19.0. The van der Waals surface area contributed by atoms with E-state index >= 15 is 0 Å². The van der Waals surface area contributed by atoms with Crippen molar-refractivity contribution < 1.29 is 23.7 Å². The zero-order chi connectivity index (χ0) is 4.99. The van der Waals surface area contributed by atoms with Crippen LogP contribution in [0.25, 0.3) is 0 Å². The summed E-state index contributed by atoms with van der Waals surface area (Å²) in [5.74, 6) is 0. The second-order valence-electron chi connectivity index (χ2n) is 0.658. The van der Waals surface area contributed by atoms with Crippen LogP contribution in [-0.4, -0.2) is 20.4 Å². The fourth-order valence-electron chi connectivity index (χ4n) is 0.0833. The van der Waals surface area contributed by atoms with Crippen molar-refractivity contribution >= 4 is 6.16 Å². The molecule has 0 bridgehead atoms. The molecule has 0 aromatic heterocycles. The molecule has 0 radical (unpaired) electrons. The SMILES string of the molecule is COC(=O)OC.F.F. The number of hydrogen-bond acceptors (Lipinski definition) is 3. The lowest BCUT2D eigenvalue weighted by Crippen LogP contribution is -1.97. The van der Waals surface area contributed by atoms with E-state index in [-0.39, 0.29) is 9.41 Å². The zero-order valence-corrected chi connectivity index (χ0v) is 4.54. The molecular formula is C3H8F2O3. The normalized spacial score (nSPS) is 5.25. The maximum atomic E-state index is 9.74. The quantitative estimate of drug-likeness (QED) is 0.453. The van der Waals surface area contributed by atoms with E-state index in [1.54, 1.807) is 0 Å². The van der Waals surface area contributed by atoms with Gasteiger partial charge in [-0.3, -0.25) is 9.41 Å². The maximum absolute atomic E-state index is 9.74. The van der Waals surface area contributed by atoms with E-state index in [9.17, 15) is 4.79 Å². The Morgan fingerprint density at radius 3 is 1.38 bits per heavy atom. The first-order valence-corrected chi connectivity index (χ1v) is 1.43. The first-order chi connectivity index (χ1) is 2.81. The van der Waals surface area contributed by atoms with Gasteiger partial charge < -0.3 is 9.47 Å². The van der Waals surface area contributed by atoms with Crippen LogP contribution in [0.3, 0.4) is 0 Å². The summed E-state index contributed by atoms with van der Waals surface area (Å²) in [5.41, 5.74) is 0. The number of halogens is 2. The molecule has 0 aliphatic carbocycles. The number of carbonyl (C=O) groups is 1. The van der Waals surface area contributed by atoms with Gasteiger partial charge in [-0.2, -0.15) is 0 Å². The smallest absolute Gasteiger partial charge is 0.438 e. The van der Waals surface area contributed by atoms with Crippen molar-refractivity contribution in [1.29, 1.82) is 0 Å². The zero-order valence-electron chi connectivity index (χ0n) is 4.54. The van der Waals surface area contributed by atoms with Crippen molar-refractivity contribution in [3.05, 3.63) is 0 Å².